The number of nitrogens with one attached hydrogen (secondary N) is 3. The Morgan fingerprint density at radius 2 is 1.68 bits per heavy atom. The number of rotatable bonds is 7. The molecule has 6 rings (SSSR count). The summed E-state index contributed by atoms with van der Waals surface area (Å²) in [7, 11) is 0. The molecule has 0 radical (unpaired) electrons. The molecule has 0 spiro atoms. The van der Waals surface area contributed by atoms with Crippen molar-refractivity contribution in [2.45, 2.75) is 46.5 Å². The van der Waals surface area contributed by atoms with Crippen LogP contribution >= 0.6 is 11.3 Å². The van der Waals surface area contributed by atoms with Gasteiger partial charge in [0.25, 0.3) is 11.8 Å². The van der Waals surface area contributed by atoms with Gasteiger partial charge in [-0.1, -0.05) is 30.3 Å². The van der Waals surface area contributed by atoms with E-state index >= 15 is 0 Å². The quantitative estimate of drug-likeness (QED) is 0.173. The highest BCUT2D eigenvalue weighted by Crippen LogP contribution is 2.39. The lowest BCUT2D eigenvalue weighted by molar-refractivity contribution is -0.127. The number of aryl methyl sites for hydroxylation is 3. The van der Waals surface area contributed by atoms with Gasteiger partial charge in [0.2, 0.25) is 5.91 Å². The maximum Gasteiger partial charge on any atom is 0.329 e. The lowest BCUT2D eigenvalue weighted by atomic mass is 9.95. The van der Waals surface area contributed by atoms with Gasteiger partial charge in [-0.25, -0.2) is 9.69 Å². The molecule has 2 aromatic heterocycles. The average molecular weight is 608 g/mol. The fourth-order valence-electron chi connectivity index (χ4n) is 5.84. The summed E-state index contributed by atoms with van der Waals surface area (Å²) in [6, 6.07) is 18.0. The molecule has 3 N–H and O–H groups in total. The zero-order valence-electron chi connectivity index (χ0n) is 24.8. The lowest BCUT2D eigenvalue weighted by Gasteiger charge is -2.14. The molecule has 2 aromatic carbocycles. The Kier molecular flexibility index (Phi) is 7.92. The van der Waals surface area contributed by atoms with Crippen LogP contribution in [0.15, 0.2) is 66.4 Å². The van der Waals surface area contributed by atoms with Crippen molar-refractivity contribution in [2.24, 2.45) is 0 Å². The first-order chi connectivity index (χ1) is 21.2. The zero-order chi connectivity index (χ0) is 31.0. The van der Waals surface area contributed by atoms with Gasteiger partial charge in [0.05, 0.1) is 5.56 Å². The molecule has 1 aliphatic heterocycles. The van der Waals surface area contributed by atoms with E-state index in [0.29, 0.717) is 11.3 Å². The standard InChI is InChI=1S/C34H33N5O4S/c1-20-10-9-13-25(16-20)35-29(40)19-38-32(42)27(37-34(38)43)18-23-17-21(2)39(22(23)3)33-30(26-14-7-8-15-28(26)44-33)31(41)36-24-11-5-4-6-12-24/h4-6,9-13,16-18H,7-8,14-15,19H2,1-3H3,(H,35,40)(H,36,41)(H,37,43)/b27-18+. The van der Waals surface area contributed by atoms with Crippen molar-refractivity contribution in [3.8, 4) is 5.00 Å². The maximum atomic E-state index is 13.7. The molecule has 0 saturated carbocycles. The summed E-state index contributed by atoms with van der Waals surface area (Å²) >= 11 is 1.64. The Morgan fingerprint density at radius 3 is 2.45 bits per heavy atom. The number of nitrogens with zero attached hydrogens (tertiary/aromatic N) is 2. The fourth-order valence-corrected chi connectivity index (χ4v) is 7.34. The first-order valence-corrected chi connectivity index (χ1v) is 15.4. The third-order valence-corrected chi connectivity index (χ3v) is 9.23. The average Bonchev–Trinajstić information content (AvgIpc) is 3.59. The molecule has 0 atom stereocenters. The van der Waals surface area contributed by atoms with E-state index in [2.05, 4.69) is 20.5 Å². The highest BCUT2D eigenvalue weighted by Gasteiger charge is 2.35. The second-order valence-corrected chi connectivity index (χ2v) is 12.3. The Bertz CT molecular complexity index is 1840. The molecule has 224 valence electrons. The minimum atomic E-state index is -0.653. The molecule has 1 aliphatic carbocycles. The summed E-state index contributed by atoms with van der Waals surface area (Å²) in [5, 5.41) is 9.28. The molecule has 44 heavy (non-hydrogen) atoms. The number of benzene rings is 2. The molecule has 1 fully saturated rings. The highest BCUT2D eigenvalue weighted by atomic mass is 32.1. The smallest absolute Gasteiger partial charge is 0.325 e. The number of imide groups is 1. The number of aromatic nitrogens is 1. The number of hydrogen-bond donors (Lipinski definition) is 3. The monoisotopic (exact) mass is 607 g/mol. The molecule has 10 heteroatoms. The van der Waals surface area contributed by atoms with Crippen LogP contribution in [-0.2, 0) is 22.4 Å². The second-order valence-electron chi connectivity index (χ2n) is 11.2. The Hall–Kier alpha value is -4.96. The zero-order valence-corrected chi connectivity index (χ0v) is 25.6. The third kappa shape index (κ3) is 5.68. The van der Waals surface area contributed by atoms with E-state index in [1.54, 1.807) is 23.5 Å². The number of amides is 5. The maximum absolute atomic E-state index is 13.7. The van der Waals surface area contributed by atoms with Crippen LogP contribution < -0.4 is 16.0 Å². The van der Waals surface area contributed by atoms with Crippen LogP contribution in [0.2, 0.25) is 0 Å². The van der Waals surface area contributed by atoms with E-state index in [4.69, 9.17) is 0 Å². The largest absolute Gasteiger partial charge is 0.329 e. The van der Waals surface area contributed by atoms with E-state index in [9.17, 15) is 19.2 Å². The van der Waals surface area contributed by atoms with Crippen molar-refractivity contribution >= 4 is 52.5 Å². The lowest BCUT2D eigenvalue weighted by Crippen LogP contribution is -2.38. The Labute approximate surface area is 259 Å². The first kappa shape index (κ1) is 29.1. The van der Waals surface area contributed by atoms with Crippen LogP contribution in [0, 0.1) is 20.8 Å². The normalized spacial score (nSPS) is 15.3. The predicted octanol–water partition coefficient (Wildman–Crippen LogP) is 6.13. The van der Waals surface area contributed by atoms with Crippen LogP contribution in [0.25, 0.3) is 11.1 Å². The Balaban J connectivity index is 1.28. The van der Waals surface area contributed by atoms with E-state index in [1.807, 2.05) is 75.4 Å². The number of para-hydroxylation sites is 1. The third-order valence-electron chi connectivity index (χ3n) is 7.95. The van der Waals surface area contributed by atoms with Gasteiger partial charge in [-0.2, -0.15) is 0 Å². The van der Waals surface area contributed by atoms with Crippen molar-refractivity contribution in [3.63, 3.8) is 0 Å². The van der Waals surface area contributed by atoms with Crippen molar-refractivity contribution in [1.82, 2.24) is 14.8 Å². The Morgan fingerprint density at radius 1 is 0.932 bits per heavy atom. The predicted molar refractivity (Wildman–Crippen MR) is 172 cm³/mol. The summed E-state index contributed by atoms with van der Waals surface area (Å²) in [6.07, 6.45) is 5.56. The molecule has 0 unspecified atom stereocenters. The summed E-state index contributed by atoms with van der Waals surface area (Å²) in [4.78, 5) is 54.4. The van der Waals surface area contributed by atoms with Gasteiger partial charge >= 0.3 is 6.03 Å². The number of carbonyl (C=O) groups excluding carboxylic acids is 4. The number of thiophene rings is 1. The van der Waals surface area contributed by atoms with Crippen molar-refractivity contribution < 1.29 is 19.2 Å². The van der Waals surface area contributed by atoms with Gasteiger partial charge < -0.3 is 20.5 Å². The number of hydrogen-bond acceptors (Lipinski definition) is 5. The van der Waals surface area contributed by atoms with Gasteiger partial charge in [0, 0.05) is 27.6 Å². The van der Waals surface area contributed by atoms with Crippen LogP contribution in [0.1, 0.15) is 56.2 Å². The van der Waals surface area contributed by atoms with E-state index in [0.717, 1.165) is 69.3 Å². The molecule has 2 aliphatic rings. The molecule has 0 bridgehead atoms. The molecular weight excluding hydrogens is 574 g/mol. The van der Waals surface area contributed by atoms with Gasteiger partial charge in [-0.3, -0.25) is 14.4 Å². The summed E-state index contributed by atoms with van der Waals surface area (Å²) < 4.78 is 2.06. The van der Waals surface area contributed by atoms with E-state index < -0.39 is 24.4 Å². The molecule has 4 aromatic rings. The van der Waals surface area contributed by atoms with Crippen LogP contribution in [-0.4, -0.2) is 39.8 Å². The van der Waals surface area contributed by atoms with Crippen molar-refractivity contribution in [1.29, 1.82) is 0 Å². The van der Waals surface area contributed by atoms with Crippen molar-refractivity contribution in [2.75, 3.05) is 17.2 Å². The first-order valence-electron chi connectivity index (χ1n) is 14.6. The molecule has 9 nitrogen and oxygen atoms in total. The van der Waals surface area contributed by atoms with Gasteiger partial charge in [-0.15, -0.1) is 11.3 Å². The summed E-state index contributed by atoms with van der Waals surface area (Å²) in [6.45, 7) is 5.40. The SMILES string of the molecule is Cc1cccc(NC(=O)CN2C(=O)N/C(=C/c3cc(C)n(-c4sc5c(c4C(=O)Nc4ccccc4)CCCC5)c3C)C2=O)c1. The molecular formula is C34H33N5O4S. The van der Waals surface area contributed by atoms with Crippen molar-refractivity contribution in [3.05, 3.63) is 105 Å². The van der Waals surface area contributed by atoms with Crippen LogP contribution in [0.4, 0.5) is 16.2 Å². The number of carbonyl (C=O) groups is 4. The van der Waals surface area contributed by atoms with Crippen LogP contribution in [0.5, 0.6) is 0 Å². The van der Waals surface area contributed by atoms with E-state index in [-0.39, 0.29) is 11.6 Å². The van der Waals surface area contributed by atoms with Gasteiger partial charge in [0.1, 0.15) is 17.2 Å². The summed E-state index contributed by atoms with van der Waals surface area (Å²) in [5.41, 5.74) is 6.65. The summed E-state index contributed by atoms with van der Waals surface area (Å²) in [5.74, 6) is -1.19. The fraction of sp³-hybridized carbons (Fsp3) is 0.235. The van der Waals surface area contributed by atoms with Gasteiger partial charge in [-0.05, 0) is 99.6 Å². The minimum Gasteiger partial charge on any atom is -0.325 e. The number of urea groups is 1. The highest BCUT2D eigenvalue weighted by molar-refractivity contribution is 7.15. The van der Waals surface area contributed by atoms with E-state index in [1.165, 1.54) is 4.88 Å². The van der Waals surface area contributed by atoms with Crippen LogP contribution in [0.3, 0.4) is 0 Å². The van der Waals surface area contributed by atoms with Gasteiger partial charge in [0.15, 0.2) is 0 Å². The second kappa shape index (κ2) is 12.0. The number of fused-ring (bicyclic) bond motifs is 1. The molecule has 3 heterocycles. The topological polar surface area (TPSA) is 113 Å². The number of anilines is 2. The minimum absolute atomic E-state index is 0.0890. The molecule has 5 amide bonds. The molecule has 1 saturated heterocycles.